The van der Waals surface area contributed by atoms with Crippen molar-refractivity contribution < 1.29 is 4.79 Å². The lowest BCUT2D eigenvalue weighted by atomic mass is 9.78. The minimum atomic E-state index is 0.00517. The van der Waals surface area contributed by atoms with Gasteiger partial charge in [0.25, 0.3) is 0 Å². The van der Waals surface area contributed by atoms with Crippen LogP contribution in [0, 0.1) is 11.3 Å². The minimum Gasteiger partial charge on any atom is -0.357 e. The first-order chi connectivity index (χ1) is 10.5. The van der Waals surface area contributed by atoms with E-state index in [1.54, 1.807) is 0 Å². The van der Waals surface area contributed by atoms with Crippen LogP contribution in [0.25, 0.3) is 0 Å². The van der Waals surface area contributed by atoms with E-state index in [0.29, 0.717) is 18.5 Å². The summed E-state index contributed by atoms with van der Waals surface area (Å²) in [6, 6.07) is 0. The summed E-state index contributed by atoms with van der Waals surface area (Å²) in [5.41, 5.74) is 0.397. The van der Waals surface area contributed by atoms with Crippen LogP contribution in [0.2, 0.25) is 0 Å². The van der Waals surface area contributed by atoms with Gasteiger partial charge < -0.3 is 16.0 Å². The van der Waals surface area contributed by atoms with E-state index >= 15 is 0 Å². The molecule has 5 nitrogen and oxygen atoms in total. The van der Waals surface area contributed by atoms with E-state index in [1.807, 2.05) is 0 Å². The number of nitrogens with zero attached hydrogens (tertiary/aromatic N) is 1. The third-order valence-electron chi connectivity index (χ3n) is 4.21. The Morgan fingerprint density at radius 1 is 1.14 bits per heavy atom. The number of hydrogen-bond acceptors (Lipinski definition) is 2. The Morgan fingerprint density at radius 2 is 1.77 bits per heavy atom. The van der Waals surface area contributed by atoms with Crippen molar-refractivity contribution in [3.05, 3.63) is 0 Å². The topological polar surface area (TPSA) is 65.5 Å². The van der Waals surface area contributed by atoms with Gasteiger partial charge in [-0.25, -0.2) is 0 Å². The molecule has 1 aliphatic carbocycles. The highest BCUT2D eigenvalue weighted by molar-refractivity contribution is 5.79. The van der Waals surface area contributed by atoms with Gasteiger partial charge >= 0.3 is 0 Å². The largest absolute Gasteiger partial charge is 0.357 e. The lowest BCUT2D eigenvalue weighted by molar-refractivity contribution is -0.118. The first-order valence-corrected chi connectivity index (χ1v) is 8.74. The van der Waals surface area contributed by atoms with Crippen LogP contribution in [0.4, 0.5) is 0 Å². The monoisotopic (exact) mass is 310 g/mol. The Labute approximate surface area is 135 Å². The summed E-state index contributed by atoms with van der Waals surface area (Å²) in [7, 11) is 0. The zero-order valence-electron chi connectivity index (χ0n) is 14.8. The fraction of sp³-hybridized carbons (Fsp3) is 0.882. The van der Waals surface area contributed by atoms with Gasteiger partial charge in [0, 0.05) is 33.1 Å². The van der Waals surface area contributed by atoms with Crippen LogP contribution >= 0.6 is 0 Å². The van der Waals surface area contributed by atoms with Crippen molar-refractivity contribution in [3.8, 4) is 0 Å². The molecular formula is C17H34N4O. The maximum atomic E-state index is 10.9. The molecule has 0 radical (unpaired) electrons. The summed E-state index contributed by atoms with van der Waals surface area (Å²) >= 11 is 0. The van der Waals surface area contributed by atoms with Crippen molar-refractivity contribution >= 4 is 11.9 Å². The van der Waals surface area contributed by atoms with Gasteiger partial charge in [-0.15, -0.1) is 0 Å². The summed E-state index contributed by atoms with van der Waals surface area (Å²) in [6.07, 6.45) is 6.56. The molecule has 22 heavy (non-hydrogen) atoms. The summed E-state index contributed by atoms with van der Waals surface area (Å²) in [5, 5.41) is 9.38. The Balaban J connectivity index is 2.53. The standard InChI is InChI=1S/C17H34N4O/c1-5-18-16(20-11-10-19-15(4)22)21-13-17(12-14(2)3)8-6-7-9-17/h14H,5-13H2,1-4H3,(H,19,22)(H2,18,20,21). The van der Waals surface area contributed by atoms with Crippen molar-refractivity contribution in [1.82, 2.24) is 16.0 Å². The number of nitrogens with one attached hydrogen (secondary N) is 3. The molecule has 128 valence electrons. The van der Waals surface area contributed by atoms with Gasteiger partial charge in [-0.2, -0.15) is 0 Å². The summed E-state index contributed by atoms with van der Waals surface area (Å²) in [5.74, 6) is 1.59. The fourth-order valence-corrected chi connectivity index (χ4v) is 3.43. The summed E-state index contributed by atoms with van der Waals surface area (Å²) < 4.78 is 0. The highest BCUT2D eigenvalue weighted by atomic mass is 16.1. The molecule has 0 aromatic heterocycles. The molecule has 0 saturated heterocycles. The summed E-state index contributed by atoms with van der Waals surface area (Å²) in [6.45, 7) is 11.3. The molecule has 0 aliphatic heterocycles. The maximum Gasteiger partial charge on any atom is 0.216 e. The summed E-state index contributed by atoms with van der Waals surface area (Å²) in [4.78, 5) is 15.7. The molecule has 1 rings (SSSR count). The van der Waals surface area contributed by atoms with E-state index in [2.05, 4.69) is 36.7 Å². The second kappa shape index (κ2) is 9.70. The van der Waals surface area contributed by atoms with E-state index in [-0.39, 0.29) is 5.91 Å². The molecule has 0 unspecified atom stereocenters. The molecule has 1 aliphatic rings. The van der Waals surface area contributed by atoms with Gasteiger partial charge in [0.2, 0.25) is 5.91 Å². The van der Waals surface area contributed by atoms with E-state index < -0.39 is 0 Å². The smallest absolute Gasteiger partial charge is 0.216 e. The van der Waals surface area contributed by atoms with Gasteiger partial charge in [0.05, 0.1) is 0 Å². The van der Waals surface area contributed by atoms with E-state index in [0.717, 1.165) is 25.0 Å². The number of aliphatic imine (C=N–C) groups is 1. The van der Waals surface area contributed by atoms with Crippen molar-refractivity contribution in [3.63, 3.8) is 0 Å². The molecule has 1 fully saturated rings. The molecule has 0 atom stereocenters. The lowest BCUT2D eigenvalue weighted by Gasteiger charge is -2.29. The molecule has 0 aromatic rings. The third kappa shape index (κ3) is 7.14. The number of rotatable bonds is 8. The average molecular weight is 310 g/mol. The van der Waals surface area contributed by atoms with Crippen LogP contribution in [-0.4, -0.2) is 38.0 Å². The number of carbonyl (C=O) groups is 1. The molecule has 3 N–H and O–H groups in total. The molecule has 0 spiro atoms. The van der Waals surface area contributed by atoms with Gasteiger partial charge in [-0.05, 0) is 37.5 Å². The van der Waals surface area contributed by atoms with Gasteiger partial charge in [-0.3, -0.25) is 9.79 Å². The second-order valence-corrected chi connectivity index (χ2v) is 6.91. The fourth-order valence-electron chi connectivity index (χ4n) is 3.43. The highest BCUT2D eigenvalue weighted by Gasteiger charge is 2.34. The number of amides is 1. The highest BCUT2D eigenvalue weighted by Crippen LogP contribution is 2.43. The Hall–Kier alpha value is -1.26. The van der Waals surface area contributed by atoms with Gasteiger partial charge in [-0.1, -0.05) is 26.7 Å². The molecule has 1 amide bonds. The molecular weight excluding hydrogens is 276 g/mol. The zero-order chi connectivity index (χ0) is 16.4. The first kappa shape index (κ1) is 18.8. The Kier molecular flexibility index (Phi) is 8.28. The quantitative estimate of drug-likeness (QED) is 0.366. The van der Waals surface area contributed by atoms with Crippen molar-refractivity contribution in [2.75, 3.05) is 26.2 Å². The van der Waals surface area contributed by atoms with Crippen molar-refractivity contribution in [2.24, 2.45) is 16.3 Å². The third-order valence-corrected chi connectivity index (χ3v) is 4.21. The molecule has 0 heterocycles. The Bertz CT molecular complexity index is 360. The van der Waals surface area contributed by atoms with E-state index in [1.165, 1.54) is 39.0 Å². The van der Waals surface area contributed by atoms with Crippen LogP contribution in [0.1, 0.15) is 59.8 Å². The SMILES string of the molecule is CCNC(=NCC1(CC(C)C)CCCC1)NCCNC(C)=O. The van der Waals surface area contributed by atoms with Gasteiger partial charge in [0.15, 0.2) is 5.96 Å². The van der Waals surface area contributed by atoms with E-state index in [4.69, 9.17) is 4.99 Å². The first-order valence-electron chi connectivity index (χ1n) is 8.74. The molecule has 0 bridgehead atoms. The van der Waals surface area contributed by atoms with Crippen LogP contribution < -0.4 is 16.0 Å². The maximum absolute atomic E-state index is 10.9. The van der Waals surface area contributed by atoms with Crippen LogP contribution in [0.5, 0.6) is 0 Å². The predicted molar refractivity (Wildman–Crippen MR) is 93.0 cm³/mol. The Morgan fingerprint density at radius 3 is 2.32 bits per heavy atom. The second-order valence-electron chi connectivity index (χ2n) is 6.91. The van der Waals surface area contributed by atoms with Crippen LogP contribution in [0.15, 0.2) is 4.99 Å². The van der Waals surface area contributed by atoms with Crippen molar-refractivity contribution in [1.29, 1.82) is 0 Å². The zero-order valence-corrected chi connectivity index (χ0v) is 14.8. The number of carbonyl (C=O) groups excluding carboxylic acids is 1. The van der Waals surface area contributed by atoms with Crippen molar-refractivity contribution in [2.45, 2.75) is 59.8 Å². The lowest BCUT2D eigenvalue weighted by Crippen LogP contribution is -2.42. The predicted octanol–water partition coefficient (Wildman–Crippen LogP) is 2.28. The molecule has 1 saturated carbocycles. The van der Waals surface area contributed by atoms with Gasteiger partial charge in [0.1, 0.15) is 0 Å². The van der Waals surface area contributed by atoms with Crippen LogP contribution in [0.3, 0.4) is 0 Å². The number of guanidine groups is 1. The number of hydrogen-bond donors (Lipinski definition) is 3. The minimum absolute atomic E-state index is 0.00517. The average Bonchev–Trinajstić information content (AvgIpc) is 2.88. The normalized spacial score (nSPS) is 17.6. The van der Waals surface area contributed by atoms with E-state index in [9.17, 15) is 4.79 Å². The van der Waals surface area contributed by atoms with Crippen LogP contribution in [-0.2, 0) is 4.79 Å². The molecule has 5 heteroatoms. The molecule has 0 aromatic carbocycles.